The first-order valence-electron chi connectivity index (χ1n) is 8.72. The van der Waals surface area contributed by atoms with Gasteiger partial charge in [0.1, 0.15) is 5.76 Å². The van der Waals surface area contributed by atoms with Gasteiger partial charge < -0.3 is 13.9 Å². The molecule has 24 heavy (non-hydrogen) atoms. The number of amides is 1. The highest BCUT2D eigenvalue weighted by Gasteiger charge is 2.21. The number of imidazole rings is 1. The topological polar surface area (TPSA) is 54.5 Å². The molecule has 6 heteroatoms. The molecule has 1 amide bonds. The number of hydrogen-bond acceptors (Lipinski definition) is 4. The van der Waals surface area contributed by atoms with E-state index in [0.717, 1.165) is 43.9 Å². The molecule has 2 aromatic rings. The van der Waals surface area contributed by atoms with E-state index in [1.54, 1.807) is 17.4 Å². The first kappa shape index (κ1) is 16.8. The van der Waals surface area contributed by atoms with E-state index in [4.69, 9.17) is 4.42 Å². The monoisotopic (exact) mass is 330 g/mol. The number of rotatable bonds is 7. The summed E-state index contributed by atoms with van der Waals surface area (Å²) < 4.78 is 7.82. The van der Waals surface area contributed by atoms with Crippen molar-refractivity contribution >= 4 is 5.91 Å². The molecular formula is C18H26N4O2. The molecule has 0 saturated carbocycles. The van der Waals surface area contributed by atoms with Crippen LogP contribution in [0.2, 0.25) is 0 Å². The Morgan fingerprint density at radius 3 is 2.83 bits per heavy atom. The molecule has 2 aromatic heterocycles. The summed E-state index contributed by atoms with van der Waals surface area (Å²) in [6.45, 7) is 6.59. The van der Waals surface area contributed by atoms with Crippen molar-refractivity contribution in [2.75, 3.05) is 26.7 Å². The minimum absolute atomic E-state index is 0.0579. The van der Waals surface area contributed by atoms with Crippen LogP contribution in [0.15, 0.2) is 29.2 Å². The first-order chi connectivity index (χ1) is 11.7. The number of nitrogens with zero attached hydrogens (tertiary/aromatic N) is 4. The van der Waals surface area contributed by atoms with E-state index < -0.39 is 0 Å². The summed E-state index contributed by atoms with van der Waals surface area (Å²) in [6.07, 6.45) is 8.75. The van der Waals surface area contributed by atoms with Crippen LogP contribution in [0.5, 0.6) is 0 Å². The lowest BCUT2D eigenvalue weighted by Gasteiger charge is -2.15. The van der Waals surface area contributed by atoms with Crippen LogP contribution in [0, 0.1) is 0 Å². The first-order valence-corrected chi connectivity index (χ1v) is 8.72. The van der Waals surface area contributed by atoms with Gasteiger partial charge in [-0.3, -0.25) is 9.69 Å². The molecule has 1 fully saturated rings. The van der Waals surface area contributed by atoms with Gasteiger partial charge in [0.05, 0.1) is 6.33 Å². The minimum atomic E-state index is -0.0579. The van der Waals surface area contributed by atoms with Gasteiger partial charge in [0.2, 0.25) is 0 Å². The van der Waals surface area contributed by atoms with Crippen LogP contribution in [0.1, 0.15) is 41.6 Å². The van der Waals surface area contributed by atoms with Gasteiger partial charge in [-0.05, 0) is 32.0 Å². The molecule has 0 spiro atoms. The van der Waals surface area contributed by atoms with Gasteiger partial charge in [-0.2, -0.15) is 0 Å². The van der Waals surface area contributed by atoms with Gasteiger partial charge in [0.15, 0.2) is 5.76 Å². The zero-order valence-corrected chi connectivity index (χ0v) is 14.6. The Bertz CT molecular complexity index is 657. The standard InChI is InChI=1S/C18H26N4O2/c1-3-16-15(13-21-7-4-5-8-21)12-17(24-16)18(23)20(2)10-11-22-9-6-19-14-22/h6,9,12,14H,3-5,7-8,10-11,13H2,1-2H3. The fourth-order valence-corrected chi connectivity index (χ4v) is 3.16. The fourth-order valence-electron chi connectivity index (χ4n) is 3.16. The lowest BCUT2D eigenvalue weighted by molar-refractivity contribution is 0.0757. The third-order valence-corrected chi connectivity index (χ3v) is 4.62. The maximum absolute atomic E-state index is 12.6. The minimum Gasteiger partial charge on any atom is -0.456 e. The van der Waals surface area contributed by atoms with Crippen LogP contribution in [0.25, 0.3) is 0 Å². The van der Waals surface area contributed by atoms with Gasteiger partial charge in [0.25, 0.3) is 5.91 Å². The Morgan fingerprint density at radius 2 is 2.17 bits per heavy atom. The summed E-state index contributed by atoms with van der Waals surface area (Å²) in [5.41, 5.74) is 1.16. The van der Waals surface area contributed by atoms with E-state index in [-0.39, 0.29) is 5.91 Å². The summed E-state index contributed by atoms with van der Waals surface area (Å²) in [6, 6.07) is 1.94. The van der Waals surface area contributed by atoms with Crippen LogP contribution >= 0.6 is 0 Å². The summed E-state index contributed by atoms with van der Waals surface area (Å²) in [5, 5.41) is 0. The molecule has 0 aromatic carbocycles. The zero-order chi connectivity index (χ0) is 16.9. The van der Waals surface area contributed by atoms with Gasteiger partial charge in [-0.15, -0.1) is 0 Å². The van der Waals surface area contributed by atoms with E-state index in [1.807, 2.05) is 23.9 Å². The second kappa shape index (κ2) is 7.66. The van der Waals surface area contributed by atoms with Gasteiger partial charge in [0, 0.05) is 51.1 Å². The van der Waals surface area contributed by atoms with E-state index >= 15 is 0 Å². The van der Waals surface area contributed by atoms with Crippen molar-refractivity contribution in [3.63, 3.8) is 0 Å². The molecule has 6 nitrogen and oxygen atoms in total. The van der Waals surface area contributed by atoms with Crippen LogP contribution in [-0.2, 0) is 19.5 Å². The molecule has 0 radical (unpaired) electrons. The van der Waals surface area contributed by atoms with Gasteiger partial charge in [-0.1, -0.05) is 6.92 Å². The van der Waals surface area contributed by atoms with Crippen molar-refractivity contribution < 1.29 is 9.21 Å². The number of aromatic nitrogens is 2. The highest BCUT2D eigenvalue weighted by Crippen LogP contribution is 2.21. The molecule has 3 rings (SSSR count). The van der Waals surface area contributed by atoms with E-state index in [1.165, 1.54) is 12.8 Å². The molecule has 0 unspecified atom stereocenters. The number of aryl methyl sites for hydroxylation is 1. The third kappa shape index (κ3) is 3.87. The third-order valence-electron chi connectivity index (χ3n) is 4.62. The Labute approximate surface area is 143 Å². The Hall–Kier alpha value is -2.08. The zero-order valence-electron chi connectivity index (χ0n) is 14.6. The molecular weight excluding hydrogens is 304 g/mol. The fraction of sp³-hybridized carbons (Fsp3) is 0.556. The van der Waals surface area contributed by atoms with Crippen molar-refractivity contribution in [2.24, 2.45) is 0 Å². The molecule has 0 bridgehead atoms. The maximum Gasteiger partial charge on any atom is 0.289 e. The lowest BCUT2D eigenvalue weighted by atomic mass is 10.2. The smallest absolute Gasteiger partial charge is 0.289 e. The number of carbonyl (C=O) groups is 1. The number of furan rings is 1. The molecule has 1 aliphatic heterocycles. The van der Waals surface area contributed by atoms with E-state index in [9.17, 15) is 4.79 Å². The van der Waals surface area contributed by atoms with Gasteiger partial charge >= 0.3 is 0 Å². The number of carbonyl (C=O) groups excluding carboxylic acids is 1. The SMILES string of the molecule is CCc1oc(C(=O)N(C)CCn2ccnc2)cc1CN1CCCC1. The lowest BCUT2D eigenvalue weighted by Crippen LogP contribution is -2.29. The number of likely N-dealkylation sites (N-methyl/N-ethyl adjacent to an activating group) is 1. The van der Waals surface area contributed by atoms with Crippen LogP contribution < -0.4 is 0 Å². The van der Waals surface area contributed by atoms with Crippen molar-refractivity contribution in [1.29, 1.82) is 0 Å². The Kier molecular flexibility index (Phi) is 5.35. The van der Waals surface area contributed by atoms with Gasteiger partial charge in [-0.25, -0.2) is 4.98 Å². The molecule has 1 saturated heterocycles. The molecule has 0 N–H and O–H groups in total. The molecule has 0 aliphatic carbocycles. The summed E-state index contributed by atoms with van der Waals surface area (Å²) in [7, 11) is 1.81. The second-order valence-corrected chi connectivity index (χ2v) is 6.42. The van der Waals surface area contributed by atoms with Crippen LogP contribution in [-0.4, -0.2) is 51.9 Å². The average Bonchev–Trinajstić information content (AvgIpc) is 3.34. The van der Waals surface area contributed by atoms with Crippen molar-refractivity contribution in [3.8, 4) is 0 Å². The predicted octanol–water partition coefficient (Wildman–Crippen LogP) is 2.41. The van der Waals surface area contributed by atoms with Crippen molar-refractivity contribution in [3.05, 3.63) is 41.9 Å². The average molecular weight is 330 g/mol. The summed E-state index contributed by atoms with van der Waals surface area (Å²) >= 11 is 0. The van der Waals surface area contributed by atoms with Crippen LogP contribution in [0.3, 0.4) is 0 Å². The van der Waals surface area contributed by atoms with Crippen molar-refractivity contribution in [1.82, 2.24) is 19.4 Å². The largest absolute Gasteiger partial charge is 0.456 e. The Morgan fingerprint density at radius 1 is 1.38 bits per heavy atom. The molecule has 130 valence electrons. The highest BCUT2D eigenvalue weighted by molar-refractivity contribution is 5.91. The molecule has 1 aliphatic rings. The highest BCUT2D eigenvalue weighted by atomic mass is 16.4. The van der Waals surface area contributed by atoms with Crippen LogP contribution in [0.4, 0.5) is 0 Å². The second-order valence-electron chi connectivity index (χ2n) is 6.42. The molecule has 0 atom stereocenters. The number of likely N-dealkylation sites (tertiary alicyclic amines) is 1. The normalized spacial score (nSPS) is 15.1. The molecule has 3 heterocycles. The summed E-state index contributed by atoms with van der Waals surface area (Å²) in [5.74, 6) is 1.33. The van der Waals surface area contributed by atoms with Crippen molar-refractivity contribution in [2.45, 2.75) is 39.3 Å². The summed E-state index contributed by atoms with van der Waals surface area (Å²) in [4.78, 5) is 20.8. The van der Waals surface area contributed by atoms with E-state index in [0.29, 0.717) is 12.3 Å². The number of hydrogen-bond donors (Lipinski definition) is 0. The van der Waals surface area contributed by atoms with E-state index in [2.05, 4.69) is 16.8 Å². The quantitative estimate of drug-likeness (QED) is 0.782. The Balaban J connectivity index is 1.63. The predicted molar refractivity (Wildman–Crippen MR) is 91.8 cm³/mol. The maximum atomic E-state index is 12.6.